The number of thioether (sulfide) groups is 1. The van der Waals surface area contributed by atoms with Gasteiger partial charge in [0.15, 0.2) is 24.7 Å². The Morgan fingerprint density at radius 1 is 1.27 bits per heavy atom. The predicted molar refractivity (Wildman–Crippen MR) is 135 cm³/mol. The summed E-state index contributed by atoms with van der Waals surface area (Å²) in [7, 11) is 0. The minimum Gasteiger partial charge on any atom is -0.477 e. The molecule has 2 aromatic rings. The van der Waals surface area contributed by atoms with E-state index in [0.29, 0.717) is 17.9 Å². The normalized spacial score (nSPS) is 22.9. The quantitative estimate of drug-likeness (QED) is 0.152. The van der Waals surface area contributed by atoms with Crippen LogP contribution in [-0.2, 0) is 25.8 Å². The molecule has 1 saturated heterocycles. The van der Waals surface area contributed by atoms with Crippen molar-refractivity contribution in [3.63, 3.8) is 0 Å². The van der Waals surface area contributed by atoms with Crippen molar-refractivity contribution >= 4 is 41.1 Å². The van der Waals surface area contributed by atoms with E-state index >= 15 is 0 Å². The van der Waals surface area contributed by atoms with Gasteiger partial charge >= 0.3 is 5.97 Å². The molecule has 1 aliphatic carbocycles. The Morgan fingerprint density at radius 3 is 2.78 bits per heavy atom. The SMILES string of the molecule is Nc1cccc(C(=NOC2C=CCC2)C(=O)NC2C(=O)N3C(C(=O)O)=C(C[n+]4ccccc4)CS[C@@H]23)n1. The summed E-state index contributed by atoms with van der Waals surface area (Å²) in [5.41, 5.74) is 6.46. The van der Waals surface area contributed by atoms with E-state index in [9.17, 15) is 19.5 Å². The van der Waals surface area contributed by atoms with E-state index in [1.165, 1.54) is 16.7 Å². The second-order valence-electron chi connectivity index (χ2n) is 8.70. The van der Waals surface area contributed by atoms with Gasteiger partial charge in [0.2, 0.25) is 0 Å². The molecule has 0 spiro atoms. The Labute approximate surface area is 216 Å². The number of aromatic nitrogens is 2. The number of nitrogens with zero attached hydrogens (tertiary/aromatic N) is 4. The molecular formula is C25H25N6O5S+. The van der Waals surface area contributed by atoms with Crippen molar-refractivity contribution < 1.29 is 28.9 Å². The van der Waals surface area contributed by atoms with E-state index in [1.54, 1.807) is 18.2 Å². The molecule has 1 fully saturated rings. The van der Waals surface area contributed by atoms with Crippen LogP contribution in [0.3, 0.4) is 0 Å². The van der Waals surface area contributed by atoms with Crippen LogP contribution in [0.1, 0.15) is 18.5 Å². The van der Waals surface area contributed by atoms with E-state index in [0.717, 1.165) is 12.8 Å². The fourth-order valence-electron chi connectivity index (χ4n) is 4.38. The lowest BCUT2D eigenvalue weighted by molar-refractivity contribution is -0.689. The zero-order valence-electron chi connectivity index (χ0n) is 19.7. The average Bonchev–Trinajstić information content (AvgIpc) is 3.41. The molecule has 5 rings (SSSR count). The lowest BCUT2D eigenvalue weighted by Crippen LogP contribution is -2.71. The molecule has 37 heavy (non-hydrogen) atoms. The van der Waals surface area contributed by atoms with E-state index < -0.39 is 29.2 Å². The number of carbonyl (C=O) groups is 3. The summed E-state index contributed by atoms with van der Waals surface area (Å²) in [6.45, 7) is 0.341. The number of nitrogen functional groups attached to an aromatic ring is 1. The van der Waals surface area contributed by atoms with Gasteiger partial charge in [0, 0.05) is 23.5 Å². The molecule has 0 radical (unpaired) electrons. The number of rotatable bonds is 8. The van der Waals surface area contributed by atoms with Crippen molar-refractivity contribution in [2.75, 3.05) is 11.5 Å². The zero-order chi connectivity index (χ0) is 25.9. The van der Waals surface area contributed by atoms with Gasteiger partial charge in [0.05, 0.1) is 0 Å². The molecule has 2 aromatic heterocycles. The molecule has 0 saturated carbocycles. The van der Waals surface area contributed by atoms with Gasteiger partial charge in [0.1, 0.15) is 34.7 Å². The molecular weight excluding hydrogens is 496 g/mol. The Kier molecular flexibility index (Phi) is 6.91. The maximum Gasteiger partial charge on any atom is 0.352 e. The molecule has 2 amide bonds. The second kappa shape index (κ2) is 10.4. The van der Waals surface area contributed by atoms with Crippen molar-refractivity contribution in [2.24, 2.45) is 5.16 Å². The van der Waals surface area contributed by atoms with Gasteiger partial charge < -0.3 is 21.0 Å². The van der Waals surface area contributed by atoms with E-state index in [4.69, 9.17) is 10.6 Å². The van der Waals surface area contributed by atoms with Crippen molar-refractivity contribution in [3.05, 3.63) is 77.9 Å². The number of fused-ring (bicyclic) bond motifs is 1. The van der Waals surface area contributed by atoms with Crippen LogP contribution in [0, 0.1) is 0 Å². The third-order valence-electron chi connectivity index (χ3n) is 6.16. The number of β-lactam (4-membered cyclic amide) rings is 1. The summed E-state index contributed by atoms with van der Waals surface area (Å²) in [5, 5.41) is 16.1. The number of aliphatic carboxylic acids is 1. The Balaban J connectivity index is 1.35. The van der Waals surface area contributed by atoms with Gasteiger partial charge in [-0.1, -0.05) is 23.4 Å². The predicted octanol–water partition coefficient (Wildman–Crippen LogP) is 0.829. The fraction of sp³-hybridized carbons (Fsp3) is 0.280. The van der Waals surface area contributed by atoms with Crippen molar-refractivity contribution in [2.45, 2.75) is 36.9 Å². The van der Waals surface area contributed by atoms with Crippen LogP contribution in [0.5, 0.6) is 0 Å². The number of carboxylic acids is 1. The molecule has 11 nitrogen and oxygen atoms in total. The maximum atomic E-state index is 13.3. The van der Waals surface area contributed by atoms with E-state index in [-0.39, 0.29) is 29.0 Å². The summed E-state index contributed by atoms with van der Waals surface area (Å²) in [4.78, 5) is 49.5. The maximum absolute atomic E-state index is 13.3. The smallest absolute Gasteiger partial charge is 0.352 e. The van der Waals surface area contributed by atoms with Crippen molar-refractivity contribution in [1.82, 2.24) is 15.2 Å². The molecule has 190 valence electrons. The highest BCUT2D eigenvalue weighted by atomic mass is 32.2. The van der Waals surface area contributed by atoms with Gasteiger partial charge in [0.25, 0.3) is 11.8 Å². The first kappa shape index (κ1) is 24.5. The number of nitrogens with one attached hydrogen (secondary N) is 1. The third-order valence-corrected chi connectivity index (χ3v) is 7.50. The number of hydrogen-bond acceptors (Lipinski definition) is 8. The molecule has 3 atom stereocenters. The van der Waals surface area contributed by atoms with Crippen LogP contribution in [0.2, 0.25) is 0 Å². The van der Waals surface area contributed by atoms with Gasteiger partial charge in [-0.2, -0.15) is 0 Å². The lowest BCUT2D eigenvalue weighted by atomic mass is 10.0. The lowest BCUT2D eigenvalue weighted by Gasteiger charge is -2.49. The van der Waals surface area contributed by atoms with E-state index in [1.807, 2.05) is 47.3 Å². The van der Waals surface area contributed by atoms with Crippen LogP contribution in [0.4, 0.5) is 5.82 Å². The standard InChI is InChI=1S/C25H24N6O5S/c26-18-10-6-9-17(27-18)19(29-36-16-7-2-3-8-16)22(32)28-20-23(33)31-21(25(34)35)15(14-37-24(20)31)13-30-11-4-1-5-12-30/h1-2,4-7,9-12,16,20,24H,3,8,13-14H2,(H3-,26,27,28,32,34,35)/p+1/t16?,20?,24-/m0/s1. The number of carbonyl (C=O) groups excluding carboxylic acids is 2. The number of pyridine rings is 2. The largest absolute Gasteiger partial charge is 0.477 e. The number of amides is 2. The summed E-state index contributed by atoms with van der Waals surface area (Å²) in [6.07, 6.45) is 8.83. The third kappa shape index (κ3) is 5.05. The van der Waals surface area contributed by atoms with Gasteiger partial charge in [-0.15, -0.1) is 11.8 Å². The van der Waals surface area contributed by atoms with Crippen molar-refractivity contribution in [3.8, 4) is 0 Å². The van der Waals surface area contributed by atoms with Crippen molar-refractivity contribution in [1.29, 1.82) is 0 Å². The first-order valence-electron chi connectivity index (χ1n) is 11.7. The summed E-state index contributed by atoms with van der Waals surface area (Å²) in [6, 6.07) is 9.44. The van der Waals surface area contributed by atoms with Crippen LogP contribution in [0.25, 0.3) is 0 Å². The van der Waals surface area contributed by atoms with Gasteiger partial charge in [-0.05, 0) is 31.1 Å². The fourth-order valence-corrected chi connectivity index (χ4v) is 5.71. The number of oxime groups is 1. The first-order chi connectivity index (χ1) is 17.9. The molecule has 3 aliphatic rings. The molecule has 0 bridgehead atoms. The van der Waals surface area contributed by atoms with Crippen LogP contribution in [0.15, 0.2) is 77.4 Å². The summed E-state index contributed by atoms with van der Waals surface area (Å²) < 4.78 is 1.85. The number of anilines is 1. The average molecular weight is 522 g/mol. The molecule has 4 N–H and O–H groups in total. The minimum atomic E-state index is -1.18. The highest BCUT2D eigenvalue weighted by Crippen LogP contribution is 2.40. The molecule has 4 heterocycles. The summed E-state index contributed by atoms with van der Waals surface area (Å²) in [5.74, 6) is -1.74. The van der Waals surface area contributed by atoms with E-state index in [2.05, 4.69) is 15.5 Å². The monoisotopic (exact) mass is 521 g/mol. The Morgan fingerprint density at radius 2 is 2.08 bits per heavy atom. The molecule has 0 aromatic carbocycles. The molecule has 2 unspecified atom stereocenters. The molecule has 12 heteroatoms. The van der Waals surface area contributed by atoms with Crippen LogP contribution >= 0.6 is 11.8 Å². The second-order valence-corrected chi connectivity index (χ2v) is 9.81. The summed E-state index contributed by atoms with van der Waals surface area (Å²) >= 11 is 1.40. The van der Waals surface area contributed by atoms with Crippen LogP contribution < -0.4 is 15.6 Å². The highest BCUT2D eigenvalue weighted by molar-refractivity contribution is 8.00. The van der Waals surface area contributed by atoms with Crippen LogP contribution in [-0.4, -0.2) is 61.8 Å². The first-order valence-corrected chi connectivity index (χ1v) is 12.8. The Bertz CT molecular complexity index is 1330. The topological polar surface area (TPSA) is 151 Å². The van der Waals surface area contributed by atoms with Gasteiger partial charge in [-0.25, -0.2) is 14.3 Å². The number of carboxylic acid groups (broad SMARTS) is 1. The zero-order valence-corrected chi connectivity index (χ0v) is 20.5. The Hall–Kier alpha value is -4.19. The molecule has 2 aliphatic heterocycles. The number of hydrogen-bond donors (Lipinski definition) is 3. The minimum absolute atomic E-state index is 0.0432. The highest BCUT2D eigenvalue weighted by Gasteiger charge is 2.54. The number of nitrogens with two attached hydrogens (primary N) is 1. The van der Waals surface area contributed by atoms with Gasteiger partial charge in [-0.3, -0.25) is 14.5 Å². The number of allylic oxidation sites excluding steroid dienone is 1.